The number of hydrogen-bond donors (Lipinski definition) is 3. The lowest BCUT2D eigenvalue weighted by Crippen LogP contribution is -2.32. The fraction of sp³-hybridized carbons (Fsp3) is 0.650. The number of aromatic nitrogens is 3. The van der Waals surface area contributed by atoms with Crippen molar-refractivity contribution in [2.24, 2.45) is 0 Å². The molecule has 0 aliphatic heterocycles. The summed E-state index contributed by atoms with van der Waals surface area (Å²) in [7, 11) is 0. The molecule has 6 heteroatoms. The van der Waals surface area contributed by atoms with Crippen LogP contribution in [-0.2, 0) is 11.2 Å². The minimum absolute atomic E-state index is 0.144. The summed E-state index contributed by atoms with van der Waals surface area (Å²) in [4.78, 5) is 16.8. The zero-order chi connectivity index (χ0) is 17.8. The van der Waals surface area contributed by atoms with Gasteiger partial charge in [0.05, 0.1) is 10.9 Å². The largest absolute Gasteiger partial charge is 0.367 e. The zero-order valence-corrected chi connectivity index (χ0v) is 15.4. The number of hydrogen-bond acceptors (Lipinski definition) is 4. The van der Waals surface area contributed by atoms with Crippen molar-refractivity contribution in [2.75, 3.05) is 5.32 Å². The van der Waals surface area contributed by atoms with Crippen molar-refractivity contribution in [2.45, 2.75) is 82.7 Å². The molecule has 0 aromatic carbocycles. The van der Waals surface area contributed by atoms with Crippen LogP contribution in [0, 0.1) is 0 Å². The highest BCUT2D eigenvalue weighted by Crippen LogP contribution is 2.27. The van der Waals surface area contributed by atoms with Crippen molar-refractivity contribution >= 4 is 22.6 Å². The Morgan fingerprint density at radius 2 is 1.81 bits per heavy atom. The highest BCUT2D eigenvalue weighted by atomic mass is 16.1. The Bertz CT molecular complexity index is 744. The third kappa shape index (κ3) is 4.00. The topological polar surface area (TPSA) is 82.7 Å². The number of nitrogens with one attached hydrogen (secondary N) is 3. The van der Waals surface area contributed by atoms with Crippen molar-refractivity contribution in [1.29, 1.82) is 0 Å². The molecule has 0 spiro atoms. The van der Waals surface area contributed by atoms with Crippen molar-refractivity contribution in [3.63, 3.8) is 0 Å². The number of aromatic amines is 1. The van der Waals surface area contributed by atoms with Gasteiger partial charge in [0.25, 0.3) is 0 Å². The van der Waals surface area contributed by atoms with Crippen LogP contribution in [-0.4, -0.2) is 33.2 Å². The second-order valence-electron chi connectivity index (χ2n) is 7.78. The second-order valence-corrected chi connectivity index (χ2v) is 7.78. The van der Waals surface area contributed by atoms with E-state index in [0.717, 1.165) is 35.3 Å². The van der Waals surface area contributed by atoms with Gasteiger partial charge in [-0.1, -0.05) is 32.1 Å². The Labute approximate surface area is 154 Å². The smallest absolute Gasteiger partial charge is 0.220 e. The van der Waals surface area contributed by atoms with Crippen LogP contribution in [0.1, 0.15) is 69.9 Å². The molecule has 0 saturated heterocycles. The van der Waals surface area contributed by atoms with Crippen molar-refractivity contribution in [3.05, 3.63) is 18.0 Å². The van der Waals surface area contributed by atoms with Gasteiger partial charge in [0.15, 0.2) is 0 Å². The molecule has 2 saturated carbocycles. The summed E-state index contributed by atoms with van der Waals surface area (Å²) in [6.45, 7) is 0. The quantitative estimate of drug-likeness (QED) is 0.738. The minimum Gasteiger partial charge on any atom is -0.367 e. The molecule has 3 N–H and O–H groups in total. The molecule has 26 heavy (non-hydrogen) atoms. The number of H-pyrrole nitrogens is 1. The van der Waals surface area contributed by atoms with Crippen molar-refractivity contribution < 1.29 is 4.79 Å². The molecule has 2 fully saturated rings. The summed E-state index contributed by atoms with van der Waals surface area (Å²) in [5.74, 6) is 1.06. The second kappa shape index (κ2) is 8.06. The monoisotopic (exact) mass is 355 g/mol. The van der Waals surface area contributed by atoms with Gasteiger partial charge in [-0.2, -0.15) is 5.10 Å². The standard InChI is InChI=1S/C20H29N5O/c26-18(22-14-8-4-5-9-14)11-10-16-19-17(25-24-16)12-13-21-20(19)23-15-6-2-1-3-7-15/h12-15H,1-11H2,(H,21,23)(H,22,26)(H,24,25). The van der Waals surface area contributed by atoms with Crippen LogP contribution in [0.3, 0.4) is 0 Å². The number of rotatable bonds is 6. The lowest BCUT2D eigenvalue weighted by molar-refractivity contribution is -0.121. The number of nitrogens with zero attached hydrogens (tertiary/aromatic N) is 2. The number of carbonyl (C=O) groups is 1. The van der Waals surface area contributed by atoms with Gasteiger partial charge in [0.1, 0.15) is 5.82 Å². The van der Waals surface area contributed by atoms with Crippen molar-refractivity contribution in [1.82, 2.24) is 20.5 Å². The number of pyridine rings is 1. The Morgan fingerprint density at radius 3 is 2.62 bits per heavy atom. The van der Waals surface area contributed by atoms with Crippen LogP contribution in [0.25, 0.3) is 10.9 Å². The van der Waals surface area contributed by atoms with E-state index < -0.39 is 0 Å². The van der Waals surface area contributed by atoms with Gasteiger partial charge >= 0.3 is 0 Å². The number of amides is 1. The number of fused-ring (bicyclic) bond motifs is 1. The molecule has 0 bridgehead atoms. The fourth-order valence-electron chi connectivity index (χ4n) is 4.37. The predicted molar refractivity (Wildman–Crippen MR) is 103 cm³/mol. The summed E-state index contributed by atoms with van der Waals surface area (Å²) in [6, 6.07) is 2.81. The molecular formula is C20H29N5O. The molecule has 2 aromatic rings. The maximum absolute atomic E-state index is 12.3. The van der Waals surface area contributed by atoms with Gasteiger partial charge in [-0.05, 0) is 38.2 Å². The predicted octanol–water partition coefficient (Wildman–Crippen LogP) is 3.69. The Hall–Kier alpha value is -2.11. The van der Waals surface area contributed by atoms with Gasteiger partial charge < -0.3 is 10.6 Å². The van der Waals surface area contributed by atoms with Crippen LogP contribution < -0.4 is 10.6 Å². The molecule has 2 heterocycles. The molecule has 0 radical (unpaired) electrons. The van der Waals surface area contributed by atoms with Gasteiger partial charge in [0.2, 0.25) is 5.91 Å². The summed E-state index contributed by atoms with van der Waals surface area (Å²) >= 11 is 0. The van der Waals surface area contributed by atoms with E-state index >= 15 is 0 Å². The maximum atomic E-state index is 12.3. The highest BCUT2D eigenvalue weighted by molar-refractivity contribution is 5.92. The van der Waals surface area contributed by atoms with E-state index in [9.17, 15) is 4.79 Å². The Kier molecular flexibility index (Phi) is 5.37. The highest BCUT2D eigenvalue weighted by Gasteiger charge is 2.19. The minimum atomic E-state index is 0.144. The van der Waals surface area contributed by atoms with E-state index in [1.807, 2.05) is 12.3 Å². The van der Waals surface area contributed by atoms with Crippen LogP contribution in [0.5, 0.6) is 0 Å². The molecule has 1 amide bonds. The third-order valence-electron chi connectivity index (χ3n) is 5.81. The number of carbonyl (C=O) groups excluding carboxylic acids is 1. The molecule has 2 aliphatic carbocycles. The summed E-state index contributed by atoms with van der Waals surface area (Å²) in [5, 5.41) is 15.4. The third-order valence-corrected chi connectivity index (χ3v) is 5.81. The summed E-state index contributed by atoms with van der Waals surface area (Å²) in [5.41, 5.74) is 1.93. The van der Waals surface area contributed by atoms with E-state index in [4.69, 9.17) is 0 Å². The van der Waals surface area contributed by atoms with E-state index in [0.29, 0.717) is 24.9 Å². The van der Waals surface area contributed by atoms with E-state index in [2.05, 4.69) is 25.8 Å². The summed E-state index contributed by atoms with van der Waals surface area (Å²) < 4.78 is 0. The SMILES string of the molecule is O=C(CCc1[nH]nc2ccnc(NC3CCCCC3)c12)NC1CCCC1. The van der Waals surface area contributed by atoms with Crippen LogP contribution in [0.15, 0.2) is 12.3 Å². The average molecular weight is 355 g/mol. The molecule has 140 valence electrons. The molecule has 2 aliphatic rings. The first kappa shape index (κ1) is 17.3. The van der Waals surface area contributed by atoms with E-state index in [1.165, 1.54) is 44.9 Å². The lowest BCUT2D eigenvalue weighted by atomic mass is 9.95. The molecule has 0 unspecified atom stereocenters. The molecule has 0 atom stereocenters. The van der Waals surface area contributed by atoms with Crippen LogP contribution in [0.2, 0.25) is 0 Å². The zero-order valence-electron chi connectivity index (χ0n) is 15.4. The van der Waals surface area contributed by atoms with Gasteiger partial charge in [-0.3, -0.25) is 9.89 Å². The van der Waals surface area contributed by atoms with Gasteiger partial charge in [0, 0.05) is 30.4 Å². The van der Waals surface area contributed by atoms with E-state index in [-0.39, 0.29) is 5.91 Å². The van der Waals surface area contributed by atoms with Crippen molar-refractivity contribution in [3.8, 4) is 0 Å². The molecular weight excluding hydrogens is 326 g/mol. The van der Waals surface area contributed by atoms with E-state index in [1.54, 1.807) is 0 Å². The summed E-state index contributed by atoms with van der Waals surface area (Å²) in [6.07, 6.45) is 14.0. The maximum Gasteiger partial charge on any atom is 0.220 e. The average Bonchev–Trinajstić information content (AvgIpc) is 3.31. The first-order valence-electron chi connectivity index (χ1n) is 10.2. The van der Waals surface area contributed by atoms with Gasteiger partial charge in [-0.15, -0.1) is 0 Å². The Balaban J connectivity index is 1.43. The molecule has 2 aromatic heterocycles. The lowest BCUT2D eigenvalue weighted by Gasteiger charge is -2.23. The molecule has 4 rings (SSSR count). The normalized spacial score (nSPS) is 19.1. The van der Waals surface area contributed by atoms with Gasteiger partial charge in [-0.25, -0.2) is 4.98 Å². The Morgan fingerprint density at radius 1 is 1.08 bits per heavy atom. The van der Waals surface area contributed by atoms with Crippen LogP contribution >= 0.6 is 0 Å². The first-order valence-corrected chi connectivity index (χ1v) is 10.2. The molecule has 6 nitrogen and oxygen atoms in total. The van der Waals surface area contributed by atoms with Crippen LogP contribution in [0.4, 0.5) is 5.82 Å². The fourth-order valence-corrected chi connectivity index (χ4v) is 4.37. The first-order chi connectivity index (χ1) is 12.8. The number of anilines is 1. The number of aryl methyl sites for hydroxylation is 1.